The summed E-state index contributed by atoms with van der Waals surface area (Å²) in [4.78, 5) is 2.37. The topological polar surface area (TPSA) is 3.24 Å². The second kappa shape index (κ2) is 11.2. The van der Waals surface area contributed by atoms with E-state index in [0.717, 1.165) is 17.1 Å². The maximum absolute atomic E-state index is 2.37. The van der Waals surface area contributed by atoms with Crippen LogP contribution in [-0.4, -0.2) is 0 Å². The number of hydrogen-bond acceptors (Lipinski definition) is 1. The molecule has 0 atom stereocenters. The highest BCUT2D eigenvalue weighted by Crippen LogP contribution is 2.40. The van der Waals surface area contributed by atoms with Crippen LogP contribution >= 0.6 is 0 Å². The van der Waals surface area contributed by atoms with Gasteiger partial charge in [-0.3, -0.25) is 0 Å². The van der Waals surface area contributed by atoms with Gasteiger partial charge in [0.25, 0.3) is 0 Å². The Balaban J connectivity index is 1.29. The van der Waals surface area contributed by atoms with Crippen LogP contribution in [0.4, 0.5) is 17.1 Å². The molecule has 42 heavy (non-hydrogen) atoms. The number of nitrogens with zero attached hydrogens (tertiary/aromatic N) is 1. The van der Waals surface area contributed by atoms with E-state index < -0.39 is 0 Å². The van der Waals surface area contributed by atoms with E-state index in [1.54, 1.807) is 0 Å². The first-order valence-corrected chi connectivity index (χ1v) is 14.4. The number of benzene rings is 7. The Morgan fingerprint density at radius 3 is 1.45 bits per heavy atom. The van der Waals surface area contributed by atoms with Crippen molar-refractivity contribution in [1.82, 2.24) is 0 Å². The molecule has 0 bridgehead atoms. The molecular formula is C41H31N. The molecule has 0 aliphatic rings. The molecule has 0 aliphatic heterocycles. The summed E-state index contributed by atoms with van der Waals surface area (Å²) in [6, 6.07) is 61.1. The SMILES string of the molecule is Cc1ccc(-c2ccc(N(c3ccc(-c4cccc(-c5ccccc5)c4)cc3)c3cccc4ccccc34)cc2)cc1. The van der Waals surface area contributed by atoms with Crippen molar-refractivity contribution in [1.29, 1.82) is 0 Å². The van der Waals surface area contributed by atoms with Gasteiger partial charge in [-0.2, -0.15) is 0 Å². The van der Waals surface area contributed by atoms with E-state index in [1.807, 2.05) is 0 Å². The fraction of sp³-hybridized carbons (Fsp3) is 0.0244. The summed E-state index contributed by atoms with van der Waals surface area (Å²) in [5.74, 6) is 0. The van der Waals surface area contributed by atoms with Crippen LogP contribution in [0.15, 0.2) is 170 Å². The third kappa shape index (κ3) is 5.09. The maximum Gasteiger partial charge on any atom is 0.0540 e. The van der Waals surface area contributed by atoms with E-state index in [2.05, 4.69) is 182 Å². The lowest BCUT2D eigenvalue weighted by Crippen LogP contribution is -2.10. The highest BCUT2D eigenvalue weighted by molar-refractivity contribution is 5.99. The predicted molar refractivity (Wildman–Crippen MR) is 180 cm³/mol. The standard InChI is InChI=1S/C41H31N/c1-30-17-19-32(20-18-30)33-21-25-38(26-22-33)42(41-16-8-12-35-11-5-6-15-40(35)41)39-27-23-34(24-28-39)37-14-7-13-36(29-37)31-9-3-2-4-10-31/h2-29H,1H3. The molecule has 0 aliphatic carbocycles. The molecule has 0 radical (unpaired) electrons. The molecule has 0 fully saturated rings. The Morgan fingerprint density at radius 2 is 0.810 bits per heavy atom. The van der Waals surface area contributed by atoms with Crippen molar-refractivity contribution in [2.75, 3.05) is 4.90 Å². The summed E-state index contributed by atoms with van der Waals surface area (Å²) < 4.78 is 0. The van der Waals surface area contributed by atoms with Gasteiger partial charge in [0.1, 0.15) is 0 Å². The van der Waals surface area contributed by atoms with Crippen LogP contribution in [0.3, 0.4) is 0 Å². The van der Waals surface area contributed by atoms with Gasteiger partial charge in [-0.15, -0.1) is 0 Å². The van der Waals surface area contributed by atoms with E-state index in [1.165, 1.54) is 49.7 Å². The highest BCUT2D eigenvalue weighted by Gasteiger charge is 2.16. The second-order valence-electron chi connectivity index (χ2n) is 10.7. The predicted octanol–water partition coefficient (Wildman–Crippen LogP) is 11.6. The van der Waals surface area contributed by atoms with Crippen molar-refractivity contribution in [2.45, 2.75) is 6.92 Å². The maximum atomic E-state index is 2.37. The molecule has 1 nitrogen and oxygen atoms in total. The largest absolute Gasteiger partial charge is 0.310 e. The van der Waals surface area contributed by atoms with E-state index in [0.29, 0.717) is 0 Å². The first-order valence-electron chi connectivity index (χ1n) is 14.4. The van der Waals surface area contributed by atoms with E-state index >= 15 is 0 Å². The minimum Gasteiger partial charge on any atom is -0.310 e. The third-order valence-corrected chi connectivity index (χ3v) is 7.95. The van der Waals surface area contributed by atoms with Crippen molar-refractivity contribution >= 4 is 27.8 Å². The van der Waals surface area contributed by atoms with Gasteiger partial charge in [0, 0.05) is 16.8 Å². The molecule has 0 saturated heterocycles. The van der Waals surface area contributed by atoms with Gasteiger partial charge in [-0.25, -0.2) is 0 Å². The van der Waals surface area contributed by atoms with Crippen molar-refractivity contribution < 1.29 is 0 Å². The quantitative estimate of drug-likeness (QED) is 0.204. The molecule has 0 saturated carbocycles. The summed E-state index contributed by atoms with van der Waals surface area (Å²) in [6.45, 7) is 2.13. The Labute approximate surface area is 248 Å². The number of fused-ring (bicyclic) bond motifs is 1. The molecule has 0 heterocycles. The van der Waals surface area contributed by atoms with Gasteiger partial charge in [-0.1, -0.05) is 139 Å². The minimum absolute atomic E-state index is 1.12. The minimum atomic E-state index is 1.12. The van der Waals surface area contributed by atoms with Crippen LogP contribution in [0.25, 0.3) is 44.2 Å². The Hall–Kier alpha value is -5.40. The van der Waals surface area contributed by atoms with E-state index in [4.69, 9.17) is 0 Å². The summed E-state index contributed by atoms with van der Waals surface area (Å²) in [6.07, 6.45) is 0. The van der Waals surface area contributed by atoms with Crippen LogP contribution in [-0.2, 0) is 0 Å². The average Bonchev–Trinajstić information content (AvgIpc) is 3.06. The fourth-order valence-corrected chi connectivity index (χ4v) is 5.69. The zero-order valence-electron chi connectivity index (χ0n) is 23.6. The van der Waals surface area contributed by atoms with Crippen LogP contribution < -0.4 is 4.90 Å². The smallest absolute Gasteiger partial charge is 0.0540 e. The summed E-state index contributed by atoms with van der Waals surface area (Å²) in [5, 5.41) is 2.45. The number of rotatable bonds is 6. The van der Waals surface area contributed by atoms with Gasteiger partial charge in [0.2, 0.25) is 0 Å². The van der Waals surface area contributed by atoms with Gasteiger partial charge in [0.15, 0.2) is 0 Å². The lowest BCUT2D eigenvalue weighted by Gasteiger charge is -2.27. The van der Waals surface area contributed by atoms with Crippen LogP contribution in [0.1, 0.15) is 5.56 Å². The van der Waals surface area contributed by atoms with Gasteiger partial charge < -0.3 is 4.90 Å². The van der Waals surface area contributed by atoms with E-state index in [-0.39, 0.29) is 0 Å². The Bertz CT molecular complexity index is 1950. The van der Waals surface area contributed by atoms with Crippen LogP contribution in [0.5, 0.6) is 0 Å². The molecule has 7 aromatic rings. The lowest BCUT2D eigenvalue weighted by molar-refractivity contribution is 1.30. The van der Waals surface area contributed by atoms with Crippen molar-refractivity contribution in [2.24, 2.45) is 0 Å². The Morgan fingerprint density at radius 1 is 0.357 bits per heavy atom. The molecule has 200 valence electrons. The normalized spacial score (nSPS) is 11.0. The van der Waals surface area contributed by atoms with Gasteiger partial charge >= 0.3 is 0 Å². The average molecular weight is 538 g/mol. The van der Waals surface area contributed by atoms with Crippen molar-refractivity contribution in [3.05, 3.63) is 175 Å². The third-order valence-electron chi connectivity index (χ3n) is 7.95. The molecule has 7 aromatic carbocycles. The molecular weight excluding hydrogens is 506 g/mol. The van der Waals surface area contributed by atoms with E-state index in [9.17, 15) is 0 Å². The molecule has 1 heteroatoms. The zero-order chi connectivity index (χ0) is 28.3. The number of hydrogen-bond donors (Lipinski definition) is 0. The fourth-order valence-electron chi connectivity index (χ4n) is 5.69. The lowest BCUT2D eigenvalue weighted by atomic mass is 9.98. The molecule has 0 N–H and O–H groups in total. The van der Waals surface area contributed by atoms with Crippen LogP contribution in [0, 0.1) is 6.92 Å². The monoisotopic (exact) mass is 537 g/mol. The first kappa shape index (κ1) is 25.6. The molecule has 0 aromatic heterocycles. The van der Waals surface area contributed by atoms with Gasteiger partial charge in [0.05, 0.1) is 5.69 Å². The first-order chi connectivity index (χ1) is 20.7. The molecule has 0 unspecified atom stereocenters. The zero-order valence-corrected chi connectivity index (χ0v) is 23.6. The molecule has 7 rings (SSSR count). The van der Waals surface area contributed by atoms with Gasteiger partial charge in [-0.05, 0) is 82.1 Å². The molecule has 0 amide bonds. The molecule has 0 spiro atoms. The van der Waals surface area contributed by atoms with Crippen molar-refractivity contribution in [3.8, 4) is 33.4 Å². The Kier molecular flexibility index (Phi) is 6.84. The summed E-state index contributed by atoms with van der Waals surface area (Å²) in [5.41, 5.74) is 12.0. The number of aryl methyl sites for hydroxylation is 1. The number of anilines is 3. The summed E-state index contributed by atoms with van der Waals surface area (Å²) >= 11 is 0. The second-order valence-corrected chi connectivity index (χ2v) is 10.7. The van der Waals surface area contributed by atoms with Crippen molar-refractivity contribution in [3.63, 3.8) is 0 Å². The van der Waals surface area contributed by atoms with Crippen LogP contribution in [0.2, 0.25) is 0 Å². The highest BCUT2D eigenvalue weighted by atomic mass is 15.1. The summed E-state index contributed by atoms with van der Waals surface area (Å²) in [7, 11) is 0.